The molecule has 32 heavy (non-hydrogen) atoms. The van der Waals surface area contributed by atoms with Crippen LogP contribution in [0.1, 0.15) is 86.9 Å². The van der Waals surface area contributed by atoms with E-state index < -0.39 is 19.8 Å². The van der Waals surface area contributed by atoms with E-state index in [1.165, 1.54) is 11.3 Å². The van der Waals surface area contributed by atoms with Crippen LogP contribution in [0.25, 0.3) is 0 Å². The van der Waals surface area contributed by atoms with Crippen LogP contribution in [-0.4, -0.2) is 24.6 Å². The van der Waals surface area contributed by atoms with Crippen molar-refractivity contribution in [2.24, 2.45) is 5.41 Å². The third kappa shape index (κ3) is 5.53. The summed E-state index contributed by atoms with van der Waals surface area (Å²) in [6.45, 7) is 20.5. The summed E-state index contributed by atoms with van der Waals surface area (Å²) in [7, 11) is -2.06. The Morgan fingerprint density at radius 1 is 1.09 bits per heavy atom. The monoisotopic (exact) mass is 480 g/mol. The van der Waals surface area contributed by atoms with Crippen LogP contribution in [0.5, 0.6) is 0 Å². The van der Waals surface area contributed by atoms with Crippen molar-refractivity contribution >= 4 is 19.7 Å². The van der Waals surface area contributed by atoms with E-state index in [1.807, 2.05) is 45.9 Å². The first-order valence-corrected chi connectivity index (χ1v) is 15.1. The summed E-state index contributed by atoms with van der Waals surface area (Å²) in [5.74, 6) is -0.473. The standard InChI is InChI=1S/C26H41FO3SSi/c1-16-11-12-19(13-20(16)15-28)23(26(7,8)18(3)29)22-14-21(27)24(31-22)17(2)30-32(9,10)25(4,5)6/h11-14,17-18,23,28-29H,15H2,1-10H3. The molecule has 3 unspecified atom stereocenters. The molecule has 2 aromatic rings. The summed E-state index contributed by atoms with van der Waals surface area (Å²) in [4.78, 5) is 1.47. The molecule has 0 saturated heterocycles. The number of thiophene rings is 1. The Morgan fingerprint density at radius 2 is 1.69 bits per heavy atom. The van der Waals surface area contributed by atoms with Gasteiger partial charge < -0.3 is 14.6 Å². The predicted octanol–water partition coefficient (Wildman–Crippen LogP) is 7.31. The SMILES string of the molecule is Cc1ccc(C(c2cc(F)c(C(C)O[Si](C)(C)C(C)(C)C)s2)C(C)(C)C(C)O)cc1CO. The molecule has 0 aliphatic rings. The number of aliphatic hydroxyl groups excluding tert-OH is 2. The lowest BCUT2D eigenvalue weighted by molar-refractivity contribution is 0.0546. The summed E-state index contributed by atoms with van der Waals surface area (Å²) >= 11 is 1.43. The highest BCUT2D eigenvalue weighted by Gasteiger charge is 2.41. The summed E-state index contributed by atoms with van der Waals surface area (Å²) in [6, 6.07) is 7.60. The van der Waals surface area contributed by atoms with Crippen molar-refractivity contribution in [2.45, 2.75) is 98.3 Å². The van der Waals surface area contributed by atoms with E-state index in [4.69, 9.17) is 4.43 Å². The Kier molecular flexibility index (Phi) is 8.22. The summed E-state index contributed by atoms with van der Waals surface area (Å²) in [5, 5.41) is 20.4. The van der Waals surface area contributed by atoms with E-state index in [1.54, 1.807) is 13.0 Å². The zero-order valence-corrected chi connectivity index (χ0v) is 23.2. The molecule has 0 saturated carbocycles. The maximum Gasteiger partial charge on any atom is 0.192 e. The molecule has 6 heteroatoms. The fourth-order valence-electron chi connectivity index (χ4n) is 3.74. The van der Waals surface area contributed by atoms with E-state index in [9.17, 15) is 10.2 Å². The van der Waals surface area contributed by atoms with Gasteiger partial charge in [0.2, 0.25) is 0 Å². The Morgan fingerprint density at radius 3 is 2.19 bits per heavy atom. The summed E-state index contributed by atoms with van der Waals surface area (Å²) in [6.07, 6.45) is -0.947. The van der Waals surface area contributed by atoms with Crippen LogP contribution in [0, 0.1) is 18.2 Å². The van der Waals surface area contributed by atoms with Crippen molar-refractivity contribution in [2.75, 3.05) is 0 Å². The largest absolute Gasteiger partial charge is 0.409 e. The van der Waals surface area contributed by atoms with Gasteiger partial charge in [-0.15, -0.1) is 11.3 Å². The Balaban J connectivity index is 2.55. The minimum absolute atomic E-state index is 0.0390. The number of rotatable bonds is 8. The third-order valence-electron chi connectivity index (χ3n) is 7.36. The zero-order chi connectivity index (χ0) is 24.6. The molecule has 3 nitrogen and oxygen atoms in total. The minimum Gasteiger partial charge on any atom is -0.409 e. The van der Waals surface area contributed by atoms with Crippen LogP contribution >= 0.6 is 11.3 Å². The number of hydrogen-bond acceptors (Lipinski definition) is 4. The van der Waals surface area contributed by atoms with Crippen molar-refractivity contribution < 1.29 is 19.0 Å². The predicted molar refractivity (Wildman–Crippen MR) is 135 cm³/mol. The van der Waals surface area contributed by atoms with Crippen molar-refractivity contribution in [3.8, 4) is 0 Å². The molecule has 0 spiro atoms. The van der Waals surface area contributed by atoms with Gasteiger partial charge in [0.15, 0.2) is 8.32 Å². The molecule has 1 aromatic heterocycles. The number of aliphatic hydroxyl groups is 2. The molecule has 2 rings (SSSR count). The number of halogens is 1. The van der Waals surface area contributed by atoms with Gasteiger partial charge in [-0.05, 0) is 61.7 Å². The quantitative estimate of drug-likeness (QED) is 0.389. The Bertz CT molecular complexity index is 928. The highest BCUT2D eigenvalue weighted by atomic mass is 32.1. The van der Waals surface area contributed by atoms with E-state index >= 15 is 4.39 Å². The van der Waals surface area contributed by atoms with Gasteiger partial charge in [0.05, 0.1) is 23.7 Å². The van der Waals surface area contributed by atoms with Crippen LogP contribution in [-0.2, 0) is 11.0 Å². The second-order valence-corrected chi connectivity index (χ2v) is 17.0. The van der Waals surface area contributed by atoms with Gasteiger partial charge in [0, 0.05) is 16.2 Å². The first-order valence-electron chi connectivity index (χ1n) is 11.4. The van der Waals surface area contributed by atoms with Crippen molar-refractivity contribution in [3.05, 3.63) is 56.5 Å². The molecule has 2 N–H and O–H groups in total. The highest BCUT2D eigenvalue weighted by Crippen LogP contribution is 2.48. The van der Waals surface area contributed by atoms with Crippen LogP contribution in [0.15, 0.2) is 24.3 Å². The van der Waals surface area contributed by atoms with Gasteiger partial charge in [0.1, 0.15) is 5.82 Å². The maximum absolute atomic E-state index is 15.3. The maximum atomic E-state index is 15.3. The van der Waals surface area contributed by atoms with Gasteiger partial charge in [-0.1, -0.05) is 52.8 Å². The normalized spacial score (nSPS) is 16.2. The van der Waals surface area contributed by atoms with Gasteiger partial charge >= 0.3 is 0 Å². The summed E-state index contributed by atoms with van der Waals surface area (Å²) < 4.78 is 21.7. The average Bonchev–Trinajstić information content (AvgIpc) is 3.02. The van der Waals surface area contributed by atoms with Crippen LogP contribution in [0.2, 0.25) is 18.1 Å². The number of aryl methyl sites for hydroxylation is 1. The number of hydrogen-bond donors (Lipinski definition) is 2. The van der Waals surface area contributed by atoms with Crippen LogP contribution in [0.3, 0.4) is 0 Å². The molecule has 3 atom stereocenters. The average molecular weight is 481 g/mol. The molecule has 0 radical (unpaired) electrons. The fraction of sp³-hybridized carbons (Fsp3) is 0.615. The van der Waals surface area contributed by atoms with Crippen LogP contribution < -0.4 is 0 Å². The number of benzene rings is 1. The second kappa shape index (κ2) is 9.67. The van der Waals surface area contributed by atoms with Crippen molar-refractivity contribution in [1.29, 1.82) is 0 Å². The fourth-order valence-corrected chi connectivity index (χ4v) is 6.52. The molecule has 0 aliphatic heterocycles. The molecule has 0 fully saturated rings. The van der Waals surface area contributed by atoms with Gasteiger partial charge in [-0.2, -0.15) is 0 Å². The molecule has 1 aromatic carbocycles. The lowest BCUT2D eigenvalue weighted by Gasteiger charge is -2.38. The van der Waals surface area contributed by atoms with E-state index in [0.29, 0.717) is 4.88 Å². The molecule has 0 aliphatic carbocycles. The molecular weight excluding hydrogens is 439 g/mol. The first kappa shape index (κ1) is 27.2. The van der Waals surface area contributed by atoms with Gasteiger partial charge in [-0.25, -0.2) is 4.39 Å². The van der Waals surface area contributed by atoms with E-state index in [-0.39, 0.29) is 29.5 Å². The van der Waals surface area contributed by atoms with Crippen molar-refractivity contribution in [3.63, 3.8) is 0 Å². The Labute approximate surface area is 198 Å². The molecule has 0 bridgehead atoms. The highest BCUT2D eigenvalue weighted by molar-refractivity contribution is 7.12. The molecule has 0 amide bonds. The second-order valence-electron chi connectivity index (χ2n) is 11.2. The van der Waals surface area contributed by atoms with Crippen molar-refractivity contribution in [1.82, 2.24) is 0 Å². The lowest BCUT2D eigenvalue weighted by atomic mass is 9.70. The molecular formula is C26H41FO3SSi. The van der Waals surface area contributed by atoms with Gasteiger partial charge in [-0.3, -0.25) is 0 Å². The van der Waals surface area contributed by atoms with E-state index in [2.05, 4.69) is 33.9 Å². The minimum atomic E-state index is -2.06. The lowest BCUT2D eigenvalue weighted by Crippen LogP contribution is -2.41. The Hall–Kier alpha value is -1.05. The summed E-state index contributed by atoms with van der Waals surface area (Å²) in [5.41, 5.74) is 2.29. The zero-order valence-electron chi connectivity index (χ0n) is 21.3. The molecule has 1 heterocycles. The topological polar surface area (TPSA) is 49.7 Å². The molecule has 180 valence electrons. The third-order valence-corrected chi connectivity index (χ3v) is 13.3. The van der Waals surface area contributed by atoms with E-state index in [0.717, 1.165) is 21.6 Å². The van der Waals surface area contributed by atoms with Crippen LogP contribution in [0.4, 0.5) is 4.39 Å². The van der Waals surface area contributed by atoms with Gasteiger partial charge in [0.25, 0.3) is 0 Å². The smallest absolute Gasteiger partial charge is 0.192 e. The first-order chi connectivity index (χ1) is 14.5.